The Labute approximate surface area is 182 Å². The van der Waals surface area contributed by atoms with Gasteiger partial charge in [0, 0.05) is 6.42 Å². The molecule has 0 radical (unpaired) electrons. The zero-order chi connectivity index (χ0) is 22.6. The molecule has 1 aliphatic rings. The zero-order valence-corrected chi connectivity index (χ0v) is 19.2. The van der Waals surface area contributed by atoms with Gasteiger partial charge in [-0.2, -0.15) is 0 Å². The Hall–Kier alpha value is -2.33. The third kappa shape index (κ3) is 5.88. The molecule has 2 aromatic rings. The van der Waals surface area contributed by atoms with E-state index >= 15 is 0 Å². The van der Waals surface area contributed by atoms with Crippen LogP contribution in [0.4, 0.5) is 10.6 Å². The average molecular weight is 453 g/mol. The van der Waals surface area contributed by atoms with Crippen LogP contribution in [-0.2, 0) is 23.0 Å². The van der Waals surface area contributed by atoms with E-state index in [-0.39, 0.29) is 5.82 Å². The molecule has 2 aromatic heterocycles. The maximum Gasteiger partial charge on any atom is 0.413 e. The van der Waals surface area contributed by atoms with E-state index in [1.54, 1.807) is 31.7 Å². The van der Waals surface area contributed by atoms with Gasteiger partial charge in [0.05, 0.1) is 13.2 Å². The molecule has 1 aliphatic heterocycles. The lowest BCUT2D eigenvalue weighted by Gasteiger charge is -2.19. The summed E-state index contributed by atoms with van der Waals surface area (Å²) in [5, 5.41) is 2.62. The highest BCUT2D eigenvalue weighted by molar-refractivity contribution is 7.41. The van der Waals surface area contributed by atoms with E-state index in [1.807, 2.05) is 13.8 Å². The fourth-order valence-corrected chi connectivity index (χ4v) is 3.88. The minimum Gasteiger partial charge on any atom is -0.472 e. The molecule has 1 N–H and O–H groups in total. The number of ether oxygens (including phenoxy) is 2. The van der Waals surface area contributed by atoms with Gasteiger partial charge < -0.3 is 23.0 Å². The molecular weight excluding hydrogens is 425 g/mol. The fraction of sp³-hybridized carbons (Fsp3) is 0.579. The number of imidazole rings is 1. The zero-order valence-electron chi connectivity index (χ0n) is 18.3. The van der Waals surface area contributed by atoms with E-state index < -0.39 is 32.6 Å². The molecule has 0 aliphatic carbocycles. The third-order valence-corrected chi connectivity index (χ3v) is 5.40. The van der Waals surface area contributed by atoms with Crippen LogP contribution in [-0.4, -0.2) is 50.5 Å². The molecule has 2 atom stereocenters. The molecule has 12 heteroatoms. The number of hydrogen-bond acceptors (Lipinski definition) is 9. The van der Waals surface area contributed by atoms with Crippen LogP contribution in [0.5, 0.6) is 0 Å². The molecule has 170 valence electrons. The van der Waals surface area contributed by atoms with Crippen molar-refractivity contribution in [3.05, 3.63) is 25.0 Å². The summed E-state index contributed by atoms with van der Waals surface area (Å²) in [6, 6.07) is 0. The lowest BCUT2D eigenvalue weighted by Crippen LogP contribution is -2.27. The smallest absolute Gasteiger partial charge is 0.413 e. The maximum atomic E-state index is 12.1. The highest BCUT2D eigenvalue weighted by atomic mass is 31.2. The molecular formula is C19H28N5O6P. The van der Waals surface area contributed by atoms with Gasteiger partial charge in [-0.25, -0.2) is 19.7 Å². The van der Waals surface area contributed by atoms with Gasteiger partial charge in [-0.1, -0.05) is 6.58 Å². The number of fused-ring (bicyclic) bond motifs is 1. The summed E-state index contributed by atoms with van der Waals surface area (Å²) in [5.41, 5.74) is 0.277. The van der Waals surface area contributed by atoms with Crippen LogP contribution < -0.4 is 5.32 Å². The first kappa shape index (κ1) is 23.3. The first-order valence-electron chi connectivity index (χ1n) is 9.97. The molecule has 3 rings (SSSR count). The largest absolute Gasteiger partial charge is 0.472 e. The number of anilines is 1. The Morgan fingerprint density at radius 1 is 1.29 bits per heavy atom. The lowest BCUT2D eigenvalue weighted by molar-refractivity contribution is 0.0635. The third-order valence-electron chi connectivity index (χ3n) is 4.03. The van der Waals surface area contributed by atoms with Crippen LogP contribution in [0.3, 0.4) is 0 Å². The molecule has 3 heterocycles. The van der Waals surface area contributed by atoms with E-state index in [0.717, 1.165) is 0 Å². The molecule has 0 aromatic carbocycles. The summed E-state index contributed by atoms with van der Waals surface area (Å²) in [7, 11) is -1.49. The monoisotopic (exact) mass is 453 g/mol. The predicted octanol–water partition coefficient (Wildman–Crippen LogP) is 4.29. The molecule has 0 unspecified atom stereocenters. The summed E-state index contributed by atoms with van der Waals surface area (Å²) < 4.78 is 29.9. The van der Waals surface area contributed by atoms with E-state index in [2.05, 4.69) is 26.8 Å². The van der Waals surface area contributed by atoms with Crippen LogP contribution in [0.15, 0.2) is 25.0 Å². The fourth-order valence-electron chi connectivity index (χ4n) is 2.85. The number of amides is 1. The topological polar surface area (TPSA) is 119 Å². The van der Waals surface area contributed by atoms with Crippen molar-refractivity contribution in [2.24, 2.45) is 0 Å². The van der Waals surface area contributed by atoms with Gasteiger partial charge >= 0.3 is 14.7 Å². The van der Waals surface area contributed by atoms with Gasteiger partial charge in [0.25, 0.3) is 0 Å². The van der Waals surface area contributed by atoms with E-state index in [9.17, 15) is 4.79 Å². The second-order valence-electron chi connectivity index (χ2n) is 7.60. The Morgan fingerprint density at radius 3 is 2.65 bits per heavy atom. The van der Waals surface area contributed by atoms with Gasteiger partial charge in [0.2, 0.25) is 0 Å². The van der Waals surface area contributed by atoms with Crippen LogP contribution in [0.1, 0.15) is 47.3 Å². The molecule has 31 heavy (non-hydrogen) atoms. The highest BCUT2D eigenvalue weighted by Crippen LogP contribution is 2.46. The quantitative estimate of drug-likeness (QED) is 0.584. The van der Waals surface area contributed by atoms with Crippen LogP contribution in [0.25, 0.3) is 11.2 Å². The van der Waals surface area contributed by atoms with Crippen molar-refractivity contribution in [1.29, 1.82) is 0 Å². The molecule has 0 bridgehead atoms. The maximum absolute atomic E-state index is 12.1. The van der Waals surface area contributed by atoms with Gasteiger partial charge in [-0.15, -0.1) is 0 Å². The average Bonchev–Trinajstić information content (AvgIpc) is 3.25. The predicted molar refractivity (Wildman–Crippen MR) is 114 cm³/mol. The standard InChI is InChI=1S/C19H28N5O6P/c1-7-26-31(27-8-2)30-13-9-14(28-12(13)3)24-11-22-15-16(20-10-21-17(15)24)23-18(25)29-19(4,5)6/h10-11,13-14H,3,7-9H2,1-2,4-6H3,(H,20,21,23,25)/t13-,14+/m0/s1. The van der Waals surface area contributed by atoms with E-state index in [4.69, 9.17) is 23.0 Å². The summed E-state index contributed by atoms with van der Waals surface area (Å²) >= 11 is 0. The Bertz CT molecular complexity index is 924. The Kier molecular flexibility index (Phi) is 7.42. The summed E-state index contributed by atoms with van der Waals surface area (Å²) in [6.07, 6.45) is 1.94. The summed E-state index contributed by atoms with van der Waals surface area (Å²) in [5.74, 6) is 0.721. The molecule has 1 amide bonds. The van der Waals surface area contributed by atoms with Crippen molar-refractivity contribution >= 4 is 31.7 Å². The van der Waals surface area contributed by atoms with Crippen LogP contribution in [0.2, 0.25) is 0 Å². The SMILES string of the molecule is C=C1O[C@@H](n2cnc3c(NC(=O)OC(C)(C)C)ncnc32)C[C@@H]1OP(OCC)OCC. The number of rotatable bonds is 8. The second-order valence-corrected chi connectivity index (χ2v) is 8.78. The minimum absolute atomic E-state index is 0.249. The van der Waals surface area contributed by atoms with Crippen molar-refractivity contribution in [3.63, 3.8) is 0 Å². The number of aromatic nitrogens is 4. The number of carbonyl (C=O) groups is 1. The Balaban J connectivity index is 1.75. The lowest BCUT2D eigenvalue weighted by atomic mass is 10.2. The number of nitrogens with zero attached hydrogens (tertiary/aromatic N) is 4. The number of hydrogen-bond donors (Lipinski definition) is 1. The number of nitrogens with one attached hydrogen (secondary N) is 1. The molecule has 11 nitrogen and oxygen atoms in total. The van der Waals surface area contributed by atoms with Crippen LogP contribution in [0, 0.1) is 0 Å². The van der Waals surface area contributed by atoms with E-state index in [0.29, 0.717) is 36.6 Å². The first-order chi connectivity index (χ1) is 14.7. The summed E-state index contributed by atoms with van der Waals surface area (Å²) in [4.78, 5) is 24.9. The minimum atomic E-state index is -1.49. The van der Waals surface area contributed by atoms with Crippen molar-refractivity contribution in [3.8, 4) is 0 Å². The molecule has 0 spiro atoms. The van der Waals surface area contributed by atoms with Gasteiger partial charge in [0.1, 0.15) is 30.1 Å². The van der Waals surface area contributed by atoms with Crippen molar-refractivity contribution < 1.29 is 27.8 Å². The normalized spacial score (nSPS) is 19.1. The van der Waals surface area contributed by atoms with Gasteiger partial charge in [-0.05, 0) is 34.6 Å². The highest BCUT2D eigenvalue weighted by Gasteiger charge is 2.36. The van der Waals surface area contributed by atoms with E-state index in [1.165, 1.54) is 6.33 Å². The summed E-state index contributed by atoms with van der Waals surface area (Å²) in [6.45, 7) is 14.0. The molecule has 1 saturated heterocycles. The first-order valence-corrected chi connectivity index (χ1v) is 11.1. The van der Waals surface area contributed by atoms with Crippen LogP contribution >= 0.6 is 8.60 Å². The van der Waals surface area contributed by atoms with Crippen molar-refractivity contribution in [2.45, 2.75) is 59.0 Å². The Morgan fingerprint density at radius 2 is 2.00 bits per heavy atom. The van der Waals surface area contributed by atoms with Gasteiger partial charge in [-0.3, -0.25) is 9.88 Å². The molecule has 1 fully saturated rings. The van der Waals surface area contributed by atoms with Crippen molar-refractivity contribution in [1.82, 2.24) is 19.5 Å². The number of carbonyl (C=O) groups excluding carboxylic acids is 1. The van der Waals surface area contributed by atoms with Gasteiger partial charge in [0.15, 0.2) is 23.2 Å². The van der Waals surface area contributed by atoms with Crippen molar-refractivity contribution in [2.75, 3.05) is 18.5 Å². The second kappa shape index (κ2) is 9.86. The molecule has 0 saturated carbocycles.